The van der Waals surface area contributed by atoms with Crippen LogP contribution in [-0.4, -0.2) is 39.6 Å². The summed E-state index contributed by atoms with van der Waals surface area (Å²) in [4.78, 5) is 21.2. The number of halogens is 3. The topological polar surface area (TPSA) is 93.1 Å². The van der Waals surface area contributed by atoms with Crippen LogP contribution in [0, 0.1) is 12.8 Å². The third kappa shape index (κ3) is 6.14. The van der Waals surface area contributed by atoms with Gasteiger partial charge in [-0.05, 0) is 73.8 Å². The molecule has 1 saturated heterocycles. The van der Waals surface area contributed by atoms with Gasteiger partial charge in [-0.3, -0.25) is 4.79 Å². The first kappa shape index (κ1) is 26.5. The molecule has 0 radical (unpaired) electrons. The van der Waals surface area contributed by atoms with Crippen LogP contribution in [-0.2, 0) is 17.5 Å². The zero-order valence-electron chi connectivity index (χ0n) is 21.5. The van der Waals surface area contributed by atoms with Gasteiger partial charge in [-0.15, -0.1) is 0 Å². The molecule has 3 heterocycles. The highest BCUT2D eigenvalue weighted by Gasteiger charge is 2.30. The van der Waals surface area contributed by atoms with Crippen molar-refractivity contribution in [1.82, 2.24) is 25.2 Å². The summed E-state index contributed by atoms with van der Waals surface area (Å²) in [7, 11) is 0. The number of benzene rings is 2. The summed E-state index contributed by atoms with van der Waals surface area (Å²) in [6.45, 7) is 5.80. The Bertz CT molecular complexity index is 1490. The molecule has 2 atom stereocenters. The number of nitrogens with zero attached hydrogens (tertiary/aromatic N) is 3. The van der Waals surface area contributed by atoms with Crippen LogP contribution >= 0.6 is 0 Å². The van der Waals surface area contributed by atoms with E-state index >= 15 is 0 Å². The number of aromatic nitrogens is 3. The molecule has 1 amide bonds. The van der Waals surface area contributed by atoms with Crippen molar-refractivity contribution in [1.29, 1.82) is 0 Å². The van der Waals surface area contributed by atoms with E-state index < -0.39 is 11.7 Å². The Morgan fingerprint density at radius 3 is 2.77 bits per heavy atom. The van der Waals surface area contributed by atoms with E-state index in [9.17, 15) is 18.0 Å². The molecule has 2 unspecified atom stereocenters. The largest absolute Gasteiger partial charge is 0.457 e. The molecule has 0 spiro atoms. The second-order valence-electron chi connectivity index (χ2n) is 9.79. The maximum absolute atomic E-state index is 13.0. The van der Waals surface area contributed by atoms with E-state index in [0.717, 1.165) is 47.4 Å². The lowest BCUT2D eigenvalue weighted by atomic mass is 10.1. The standard InChI is InChI=1S/C28H29F3N6O2/c1-17-12-23(33-15-17)27(38)32-9-11-37-10-8-22-25(37)26(35-16-34-22)36-20-6-7-24(18(2)13-20)39-21-5-3-4-19(14-21)28(29,30)31/h3-8,10,13-14,16-17,23,33H,9,11-12,15H2,1-2H3,(H,32,38)(H,34,35,36). The van der Waals surface area contributed by atoms with Crippen molar-refractivity contribution >= 4 is 28.4 Å². The highest BCUT2D eigenvalue weighted by molar-refractivity contribution is 5.88. The van der Waals surface area contributed by atoms with Gasteiger partial charge < -0.3 is 25.3 Å². The number of nitrogens with one attached hydrogen (secondary N) is 3. The lowest BCUT2D eigenvalue weighted by Gasteiger charge is -2.15. The molecule has 2 aromatic carbocycles. The number of anilines is 2. The van der Waals surface area contributed by atoms with Gasteiger partial charge in [0, 0.05) is 25.0 Å². The quantitative estimate of drug-likeness (QED) is 0.278. The van der Waals surface area contributed by atoms with E-state index in [-0.39, 0.29) is 17.7 Å². The fourth-order valence-electron chi connectivity index (χ4n) is 4.69. The monoisotopic (exact) mass is 538 g/mol. The number of rotatable bonds is 8. The van der Waals surface area contributed by atoms with Crippen molar-refractivity contribution in [3.8, 4) is 11.5 Å². The number of alkyl halides is 3. The predicted octanol–water partition coefficient (Wildman–Crippen LogP) is 5.41. The Hall–Kier alpha value is -4.12. The molecule has 1 aliphatic rings. The van der Waals surface area contributed by atoms with E-state index in [1.165, 1.54) is 18.5 Å². The summed E-state index contributed by atoms with van der Waals surface area (Å²) in [6, 6.07) is 11.8. The van der Waals surface area contributed by atoms with Gasteiger partial charge in [0.05, 0.1) is 17.1 Å². The smallest absolute Gasteiger partial charge is 0.416 e. The molecule has 0 aliphatic carbocycles. The molecule has 1 aliphatic heterocycles. The number of carbonyl (C=O) groups is 1. The summed E-state index contributed by atoms with van der Waals surface area (Å²) in [6.07, 6.45) is -0.227. The predicted molar refractivity (Wildman–Crippen MR) is 142 cm³/mol. The van der Waals surface area contributed by atoms with Crippen LogP contribution in [0.5, 0.6) is 11.5 Å². The Labute approximate surface area is 223 Å². The van der Waals surface area contributed by atoms with Crippen LogP contribution in [0.2, 0.25) is 0 Å². The van der Waals surface area contributed by atoms with Crippen molar-refractivity contribution in [2.24, 2.45) is 5.92 Å². The SMILES string of the molecule is Cc1cc(Nc2ncnc3ccn(CCNC(=O)C4CC(C)CN4)c23)ccc1Oc1cccc(C(F)(F)F)c1. The lowest BCUT2D eigenvalue weighted by Crippen LogP contribution is -2.41. The van der Waals surface area contributed by atoms with Gasteiger partial charge in [0.2, 0.25) is 5.91 Å². The molecule has 0 saturated carbocycles. The van der Waals surface area contributed by atoms with Crippen LogP contribution in [0.1, 0.15) is 24.5 Å². The first-order valence-electron chi connectivity index (χ1n) is 12.7. The molecule has 3 N–H and O–H groups in total. The molecule has 204 valence electrons. The first-order chi connectivity index (χ1) is 18.7. The molecule has 4 aromatic rings. The Kier molecular flexibility index (Phi) is 7.42. The number of hydrogen-bond acceptors (Lipinski definition) is 6. The zero-order valence-corrected chi connectivity index (χ0v) is 21.5. The minimum atomic E-state index is -4.44. The number of carbonyl (C=O) groups excluding carboxylic acids is 1. The van der Waals surface area contributed by atoms with Crippen molar-refractivity contribution in [2.45, 2.75) is 39.0 Å². The minimum absolute atomic E-state index is 0.00771. The van der Waals surface area contributed by atoms with Crippen molar-refractivity contribution < 1.29 is 22.7 Å². The summed E-state index contributed by atoms with van der Waals surface area (Å²) < 4.78 is 46.9. The normalized spacial score (nSPS) is 17.4. The number of hydrogen-bond donors (Lipinski definition) is 3. The Balaban J connectivity index is 1.28. The Morgan fingerprint density at radius 1 is 1.18 bits per heavy atom. The fraction of sp³-hybridized carbons (Fsp3) is 0.321. The minimum Gasteiger partial charge on any atom is -0.457 e. The number of aryl methyl sites for hydroxylation is 1. The third-order valence-corrected chi connectivity index (χ3v) is 6.70. The number of amides is 1. The van der Waals surface area contributed by atoms with Gasteiger partial charge in [0.1, 0.15) is 23.3 Å². The van der Waals surface area contributed by atoms with Gasteiger partial charge in [0.25, 0.3) is 0 Å². The maximum atomic E-state index is 13.0. The van der Waals surface area contributed by atoms with Crippen LogP contribution in [0.3, 0.4) is 0 Å². The molecule has 2 aromatic heterocycles. The summed E-state index contributed by atoms with van der Waals surface area (Å²) in [5, 5.41) is 9.56. The molecule has 8 nitrogen and oxygen atoms in total. The lowest BCUT2D eigenvalue weighted by molar-refractivity contribution is -0.137. The average molecular weight is 539 g/mol. The van der Waals surface area contributed by atoms with Crippen molar-refractivity contribution in [3.63, 3.8) is 0 Å². The van der Waals surface area contributed by atoms with E-state index in [1.807, 2.05) is 29.8 Å². The summed E-state index contributed by atoms with van der Waals surface area (Å²) in [5.41, 5.74) is 2.24. The van der Waals surface area contributed by atoms with Crippen LogP contribution < -0.4 is 20.7 Å². The molecular weight excluding hydrogens is 509 g/mol. The van der Waals surface area contributed by atoms with Crippen LogP contribution in [0.15, 0.2) is 61.1 Å². The average Bonchev–Trinajstić information content (AvgIpc) is 3.52. The maximum Gasteiger partial charge on any atom is 0.416 e. The second-order valence-corrected chi connectivity index (χ2v) is 9.79. The van der Waals surface area contributed by atoms with Crippen LogP contribution in [0.25, 0.3) is 11.0 Å². The Morgan fingerprint density at radius 2 is 2.03 bits per heavy atom. The van der Waals surface area contributed by atoms with E-state index in [2.05, 4.69) is 32.8 Å². The molecule has 5 rings (SSSR count). The van der Waals surface area contributed by atoms with E-state index in [0.29, 0.717) is 30.6 Å². The molecule has 0 bridgehead atoms. The van der Waals surface area contributed by atoms with Crippen molar-refractivity contribution in [2.75, 3.05) is 18.4 Å². The molecule has 1 fully saturated rings. The number of ether oxygens (including phenoxy) is 1. The van der Waals surface area contributed by atoms with Gasteiger partial charge in [-0.2, -0.15) is 13.2 Å². The van der Waals surface area contributed by atoms with Gasteiger partial charge in [-0.25, -0.2) is 9.97 Å². The first-order valence-corrected chi connectivity index (χ1v) is 12.7. The van der Waals surface area contributed by atoms with Gasteiger partial charge in [-0.1, -0.05) is 13.0 Å². The van der Waals surface area contributed by atoms with Crippen molar-refractivity contribution in [3.05, 3.63) is 72.2 Å². The molecule has 39 heavy (non-hydrogen) atoms. The van der Waals surface area contributed by atoms with Gasteiger partial charge in [0.15, 0.2) is 5.82 Å². The molecular formula is C28H29F3N6O2. The molecule has 11 heteroatoms. The second kappa shape index (κ2) is 10.9. The van der Waals surface area contributed by atoms with Gasteiger partial charge >= 0.3 is 6.18 Å². The highest BCUT2D eigenvalue weighted by atomic mass is 19.4. The van der Waals surface area contributed by atoms with Crippen LogP contribution in [0.4, 0.5) is 24.7 Å². The third-order valence-electron chi connectivity index (χ3n) is 6.70. The number of fused-ring (bicyclic) bond motifs is 1. The van der Waals surface area contributed by atoms with E-state index in [4.69, 9.17) is 4.74 Å². The van der Waals surface area contributed by atoms with E-state index in [1.54, 1.807) is 12.1 Å². The fourth-order valence-corrected chi connectivity index (χ4v) is 4.69. The summed E-state index contributed by atoms with van der Waals surface area (Å²) in [5.74, 6) is 1.64. The zero-order chi connectivity index (χ0) is 27.6. The summed E-state index contributed by atoms with van der Waals surface area (Å²) >= 11 is 0. The highest BCUT2D eigenvalue weighted by Crippen LogP contribution is 2.34.